The van der Waals surface area contributed by atoms with Gasteiger partial charge in [0, 0.05) is 31.3 Å². The average molecular weight is 611 g/mol. The lowest BCUT2D eigenvalue weighted by Crippen LogP contribution is -2.58. The van der Waals surface area contributed by atoms with Crippen LogP contribution in [0.15, 0.2) is 77.2 Å². The summed E-state index contributed by atoms with van der Waals surface area (Å²) in [5.41, 5.74) is 0.526. The maximum Gasteiger partial charge on any atom is 0.330 e. The third-order valence-corrected chi connectivity index (χ3v) is 9.70. The van der Waals surface area contributed by atoms with Crippen LogP contribution >= 0.6 is 0 Å². The number of nitrogens with zero attached hydrogens (tertiary/aromatic N) is 2. The van der Waals surface area contributed by atoms with Crippen molar-refractivity contribution in [2.24, 2.45) is 0 Å². The topological polar surface area (TPSA) is 137 Å². The van der Waals surface area contributed by atoms with Gasteiger partial charge in [0.2, 0.25) is 15.9 Å². The molecule has 12 heteroatoms. The Hall–Kier alpha value is -4.29. The van der Waals surface area contributed by atoms with Gasteiger partial charge in [0.05, 0.1) is 37.2 Å². The second kappa shape index (κ2) is 12.5. The molecule has 3 atom stereocenters. The predicted molar refractivity (Wildman–Crippen MR) is 156 cm³/mol. The van der Waals surface area contributed by atoms with Crippen LogP contribution < -0.4 is 4.90 Å². The van der Waals surface area contributed by atoms with Crippen LogP contribution in [0.3, 0.4) is 0 Å². The molecular formula is C31H34N2O9S. The molecule has 11 nitrogen and oxygen atoms in total. The Morgan fingerprint density at radius 3 is 2.21 bits per heavy atom. The smallest absolute Gasteiger partial charge is 0.330 e. The molecule has 0 aliphatic carbocycles. The maximum absolute atomic E-state index is 14.2. The van der Waals surface area contributed by atoms with Gasteiger partial charge in [-0.25, -0.2) is 18.0 Å². The number of aryl methyl sites for hydroxylation is 1. The van der Waals surface area contributed by atoms with Gasteiger partial charge in [-0.05, 0) is 55.7 Å². The molecule has 0 bridgehead atoms. The number of carbonyl (C=O) groups is 4. The first-order valence-corrected chi connectivity index (χ1v) is 15.1. The highest BCUT2D eigenvalue weighted by Crippen LogP contribution is 2.57. The Morgan fingerprint density at radius 2 is 1.60 bits per heavy atom. The summed E-state index contributed by atoms with van der Waals surface area (Å²) >= 11 is 0. The zero-order chi connectivity index (χ0) is 31.5. The Balaban J connectivity index is 2.05. The summed E-state index contributed by atoms with van der Waals surface area (Å²) in [5.74, 6) is -2.75. The van der Waals surface area contributed by atoms with Crippen LogP contribution in [-0.2, 0) is 48.8 Å². The second-order valence-corrected chi connectivity index (χ2v) is 12.1. The molecule has 2 aliphatic rings. The predicted octanol–water partition coefficient (Wildman–Crippen LogP) is 2.82. The molecular weight excluding hydrogens is 576 g/mol. The van der Waals surface area contributed by atoms with Crippen molar-refractivity contribution in [2.45, 2.75) is 49.6 Å². The molecule has 2 aliphatic heterocycles. The zero-order valence-corrected chi connectivity index (χ0v) is 25.4. The summed E-state index contributed by atoms with van der Waals surface area (Å²) in [4.78, 5) is 53.5. The Labute approximate surface area is 250 Å². The summed E-state index contributed by atoms with van der Waals surface area (Å²) in [6, 6.07) is 10.6. The number of anilines is 1. The van der Waals surface area contributed by atoms with Gasteiger partial charge in [-0.3, -0.25) is 9.59 Å². The van der Waals surface area contributed by atoms with Crippen LogP contribution in [0.25, 0.3) is 0 Å². The standard InChI is InChI=1S/C31H34N2O9S/c1-6-42-30(37)29-31(17-18-32(29)43(38,39)23-14-11-20(2)12-15-23)24-9-7-8-10-25(24)33(21(3)34)28(31)22(19-27(36)41-5)13-16-26(35)40-4/h7-16,19,28-29H,6,17-18H2,1-5H3/b16-13+,22-19+. The van der Waals surface area contributed by atoms with Crippen molar-refractivity contribution in [1.82, 2.24) is 4.31 Å². The maximum atomic E-state index is 14.2. The third kappa shape index (κ3) is 5.59. The van der Waals surface area contributed by atoms with Gasteiger partial charge >= 0.3 is 17.9 Å². The Bertz CT molecular complexity index is 1600. The molecule has 2 aromatic rings. The van der Waals surface area contributed by atoms with E-state index in [2.05, 4.69) is 0 Å². The van der Waals surface area contributed by atoms with E-state index in [1.54, 1.807) is 43.3 Å². The first-order valence-electron chi connectivity index (χ1n) is 13.6. The van der Waals surface area contributed by atoms with Crippen LogP contribution in [0.4, 0.5) is 5.69 Å². The average Bonchev–Trinajstić information content (AvgIpc) is 3.53. The van der Waals surface area contributed by atoms with Crippen molar-refractivity contribution < 1.29 is 41.8 Å². The van der Waals surface area contributed by atoms with E-state index in [4.69, 9.17) is 14.2 Å². The third-order valence-electron chi connectivity index (χ3n) is 7.82. The van der Waals surface area contributed by atoms with E-state index in [1.807, 2.05) is 6.92 Å². The van der Waals surface area contributed by atoms with Crippen LogP contribution in [0.5, 0.6) is 0 Å². The highest BCUT2D eigenvalue weighted by Gasteiger charge is 2.66. The normalized spacial score (nSPS) is 22.1. The molecule has 2 aromatic carbocycles. The minimum Gasteiger partial charge on any atom is -0.466 e. The molecule has 1 saturated heterocycles. The van der Waals surface area contributed by atoms with E-state index >= 15 is 0 Å². The Kier molecular flexibility index (Phi) is 9.21. The van der Waals surface area contributed by atoms with Gasteiger partial charge in [-0.1, -0.05) is 35.9 Å². The lowest BCUT2D eigenvalue weighted by Gasteiger charge is -2.40. The van der Waals surface area contributed by atoms with E-state index in [0.29, 0.717) is 11.3 Å². The number of rotatable bonds is 8. The first kappa shape index (κ1) is 31.6. The van der Waals surface area contributed by atoms with Gasteiger partial charge in [0.1, 0.15) is 6.04 Å². The molecule has 1 amide bonds. The number of hydrogen-bond acceptors (Lipinski definition) is 9. The number of amides is 1. The molecule has 0 N–H and O–H groups in total. The number of benzene rings is 2. The number of carbonyl (C=O) groups excluding carboxylic acids is 4. The lowest BCUT2D eigenvalue weighted by atomic mass is 9.68. The molecule has 2 heterocycles. The zero-order valence-electron chi connectivity index (χ0n) is 24.6. The number of sulfonamides is 1. The van der Waals surface area contributed by atoms with Crippen LogP contribution in [-0.4, -0.2) is 76.0 Å². The fourth-order valence-corrected chi connectivity index (χ4v) is 7.71. The van der Waals surface area contributed by atoms with Gasteiger partial charge in [-0.2, -0.15) is 4.31 Å². The van der Waals surface area contributed by atoms with Crippen molar-refractivity contribution in [3.8, 4) is 0 Å². The summed E-state index contributed by atoms with van der Waals surface area (Å²) in [6.07, 6.45) is 3.60. The molecule has 3 unspecified atom stereocenters. The molecule has 0 saturated carbocycles. The molecule has 228 valence electrons. The van der Waals surface area contributed by atoms with E-state index in [0.717, 1.165) is 22.0 Å². The molecule has 43 heavy (non-hydrogen) atoms. The fourth-order valence-electron chi connectivity index (χ4n) is 6.08. The van der Waals surface area contributed by atoms with Crippen LogP contribution in [0.2, 0.25) is 0 Å². The lowest BCUT2D eigenvalue weighted by molar-refractivity contribution is -0.149. The van der Waals surface area contributed by atoms with Gasteiger partial charge in [0.25, 0.3) is 0 Å². The summed E-state index contributed by atoms with van der Waals surface area (Å²) < 4.78 is 44.6. The summed E-state index contributed by atoms with van der Waals surface area (Å²) in [5, 5.41) is 0. The molecule has 1 fully saturated rings. The van der Waals surface area contributed by atoms with E-state index < -0.39 is 51.3 Å². The number of fused-ring (bicyclic) bond motifs is 2. The first-order chi connectivity index (χ1) is 20.4. The molecule has 0 aromatic heterocycles. The van der Waals surface area contributed by atoms with E-state index in [9.17, 15) is 27.6 Å². The number of ether oxygens (including phenoxy) is 3. The molecule has 0 radical (unpaired) electrons. The van der Waals surface area contributed by atoms with E-state index in [-0.39, 0.29) is 30.0 Å². The number of esters is 3. The number of methoxy groups -OCH3 is 2. The number of hydrogen-bond donors (Lipinski definition) is 0. The van der Waals surface area contributed by atoms with Crippen molar-refractivity contribution >= 4 is 39.5 Å². The number of para-hydroxylation sites is 1. The van der Waals surface area contributed by atoms with Gasteiger partial charge in [0.15, 0.2) is 0 Å². The summed E-state index contributed by atoms with van der Waals surface area (Å²) in [6.45, 7) is 4.65. The van der Waals surface area contributed by atoms with Crippen LogP contribution in [0, 0.1) is 6.92 Å². The molecule has 4 rings (SSSR count). The van der Waals surface area contributed by atoms with Crippen molar-refractivity contribution in [3.63, 3.8) is 0 Å². The van der Waals surface area contributed by atoms with E-state index in [1.165, 1.54) is 44.3 Å². The summed E-state index contributed by atoms with van der Waals surface area (Å²) in [7, 11) is -1.89. The monoisotopic (exact) mass is 610 g/mol. The quantitative estimate of drug-likeness (QED) is 0.191. The SMILES string of the molecule is CCOC(=O)C1N(S(=O)(=O)c2ccc(C)cc2)CCC12c1ccccc1N(C(C)=O)C2C(/C=C/C(=O)OC)=C/C(=O)OC. The van der Waals surface area contributed by atoms with Crippen molar-refractivity contribution in [3.05, 3.63) is 83.5 Å². The second-order valence-electron chi connectivity index (χ2n) is 10.2. The highest BCUT2D eigenvalue weighted by atomic mass is 32.2. The van der Waals surface area contributed by atoms with Crippen molar-refractivity contribution in [1.29, 1.82) is 0 Å². The van der Waals surface area contributed by atoms with Crippen molar-refractivity contribution in [2.75, 3.05) is 32.3 Å². The largest absolute Gasteiger partial charge is 0.466 e. The fraction of sp³-hybridized carbons (Fsp3) is 0.355. The highest BCUT2D eigenvalue weighted by molar-refractivity contribution is 7.89. The molecule has 1 spiro atoms. The minimum atomic E-state index is -4.25. The minimum absolute atomic E-state index is 0.00776. The van der Waals surface area contributed by atoms with Gasteiger partial charge < -0.3 is 19.1 Å². The van der Waals surface area contributed by atoms with Gasteiger partial charge in [-0.15, -0.1) is 0 Å². The Morgan fingerprint density at radius 1 is 0.953 bits per heavy atom. The van der Waals surface area contributed by atoms with Crippen LogP contribution in [0.1, 0.15) is 31.4 Å².